The molecular formula is C23H22N2O3S2. The van der Waals surface area contributed by atoms with Gasteiger partial charge in [0.15, 0.2) is 0 Å². The highest BCUT2D eigenvalue weighted by molar-refractivity contribution is 7.98. The van der Waals surface area contributed by atoms with Crippen LogP contribution in [-0.2, 0) is 16.4 Å². The van der Waals surface area contributed by atoms with Crippen LogP contribution in [0.4, 0.5) is 11.4 Å². The average molecular weight is 439 g/mol. The maximum absolute atomic E-state index is 13.0. The van der Waals surface area contributed by atoms with Crippen molar-refractivity contribution in [2.75, 3.05) is 15.9 Å². The number of carbonyl (C=O) groups is 1. The van der Waals surface area contributed by atoms with E-state index in [9.17, 15) is 13.2 Å². The predicted molar refractivity (Wildman–Crippen MR) is 122 cm³/mol. The number of amides is 1. The highest BCUT2D eigenvalue weighted by Gasteiger charge is 2.32. The van der Waals surface area contributed by atoms with Crippen molar-refractivity contribution in [3.05, 3.63) is 83.9 Å². The Morgan fingerprint density at radius 2 is 1.80 bits per heavy atom. The van der Waals surface area contributed by atoms with Gasteiger partial charge in [0.1, 0.15) is 0 Å². The number of thioether (sulfide) groups is 1. The van der Waals surface area contributed by atoms with Crippen LogP contribution >= 0.6 is 11.8 Å². The summed E-state index contributed by atoms with van der Waals surface area (Å²) in [6.45, 7) is 1.97. The van der Waals surface area contributed by atoms with Gasteiger partial charge < -0.3 is 4.90 Å². The number of hydrogen-bond donors (Lipinski definition) is 1. The fourth-order valence-corrected chi connectivity index (χ4v) is 5.26. The van der Waals surface area contributed by atoms with Gasteiger partial charge in [0.05, 0.1) is 4.90 Å². The van der Waals surface area contributed by atoms with Gasteiger partial charge >= 0.3 is 0 Å². The molecule has 4 rings (SSSR count). The molecule has 0 saturated heterocycles. The van der Waals surface area contributed by atoms with Crippen molar-refractivity contribution in [2.45, 2.75) is 29.2 Å². The van der Waals surface area contributed by atoms with Crippen molar-refractivity contribution in [3.63, 3.8) is 0 Å². The summed E-state index contributed by atoms with van der Waals surface area (Å²) in [5, 5.41) is 0. The Labute approximate surface area is 181 Å². The first-order chi connectivity index (χ1) is 14.4. The molecule has 0 aromatic heterocycles. The third kappa shape index (κ3) is 3.95. The van der Waals surface area contributed by atoms with E-state index in [4.69, 9.17) is 0 Å². The zero-order valence-corrected chi connectivity index (χ0v) is 18.3. The van der Waals surface area contributed by atoms with Gasteiger partial charge in [0.25, 0.3) is 15.9 Å². The first-order valence-electron chi connectivity index (χ1n) is 9.57. The van der Waals surface area contributed by atoms with E-state index >= 15 is 0 Å². The number of nitrogens with zero attached hydrogens (tertiary/aromatic N) is 1. The molecule has 1 heterocycles. The lowest BCUT2D eigenvalue weighted by atomic mass is 10.1. The molecule has 3 aromatic rings. The van der Waals surface area contributed by atoms with Gasteiger partial charge in [-0.15, -0.1) is 11.8 Å². The first kappa shape index (κ1) is 20.5. The topological polar surface area (TPSA) is 66.5 Å². The molecule has 1 N–H and O–H groups in total. The molecule has 1 amide bonds. The fourth-order valence-electron chi connectivity index (χ4n) is 3.70. The van der Waals surface area contributed by atoms with E-state index in [1.807, 2.05) is 43.5 Å². The summed E-state index contributed by atoms with van der Waals surface area (Å²) in [6.07, 6.45) is 2.55. The summed E-state index contributed by atoms with van der Waals surface area (Å²) in [6, 6.07) is 21.3. The second kappa shape index (κ2) is 8.16. The molecule has 5 nitrogen and oxygen atoms in total. The van der Waals surface area contributed by atoms with Gasteiger partial charge in [-0.25, -0.2) is 8.42 Å². The van der Waals surface area contributed by atoms with Crippen LogP contribution in [0.1, 0.15) is 22.8 Å². The molecule has 0 aliphatic carbocycles. The van der Waals surface area contributed by atoms with Gasteiger partial charge in [-0.2, -0.15) is 0 Å². The van der Waals surface area contributed by atoms with Gasteiger partial charge in [-0.05, 0) is 73.7 Å². The molecular weight excluding hydrogens is 416 g/mol. The zero-order chi connectivity index (χ0) is 21.3. The molecule has 0 saturated carbocycles. The van der Waals surface area contributed by atoms with E-state index in [-0.39, 0.29) is 16.8 Å². The third-order valence-corrected chi connectivity index (χ3v) is 7.24. The lowest BCUT2D eigenvalue weighted by molar-refractivity contribution is 0.0981. The van der Waals surface area contributed by atoms with Crippen molar-refractivity contribution in [1.82, 2.24) is 0 Å². The van der Waals surface area contributed by atoms with E-state index in [1.165, 1.54) is 0 Å². The van der Waals surface area contributed by atoms with Crippen LogP contribution < -0.4 is 9.62 Å². The van der Waals surface area contributed by atoms with Crippen LogP contribution in [-0.4, -0.2) is 26.6 Å². The quantitative estimate of drug-likeness (QED) is 0.581. The normalized spacial score (nSPS) is 15.7. The minimum atomic E-state index is -3.73. The van der Waals surface area contributed by atoms with E-state index in [0.717, 1.165) is 16.1 Å². The number of fused-ring (bicyclic) bond motifs is 1. The number of anilines is 2. The Kier molecular flexibility index (Phi) is 5.58. The summed E-state index contributed by atoms with van der Waals surface area (Å²) in [5.41, 5.74) is 2.76. The number of carbonyl (C=O) groups excluding carboxylic acids is 1. The van der Waals surface area contributed by atoms with E-state index in [1.54, 1.807) is 59.1 Å². The molecule has 0 radical (unpaired) electrons. The van der Waals surface area contributed by atoms with Gasteiger partial charge in [-0.1, -0.05) is 24.3 Å². The number of nitrogens with one attached hydrogen (secondary N) is 1. The monoisotopic (exact) mass is 438 g/mol. The van der Waals surface area contributed by atoms with Crippen LogP contribution in [0.3, 0.4) is 0 Å². The molecule has 30 heavy (non-hydrogen) atoms. The van der Waals surface area contributed by atoms with Crippen molar-refractivity contribution in [3.8, 4) is 0 Å². The number of rotatable bonds is 5. The van der Waals surface area contributed by atoms with Crippen LogP contribution in [0.5, 0.6) is 0 Å². The van der Waals surface area contributed by atoms with Gasteiger partial charge in [0, 0.05) is 27.9 Å². The molecule has 0 unspecified atom stereocenters. The fraction of sp³-hybridized carbons (Fsp3) is 0.174. The molecule has 1 aliphatic heterocycles. The van der Waals surface area contributed by atoms with Crippen molar-refractivity contribution in [2.24, 2.45) is 0 Å². The molecule has 0 spiro atoms. The molecule has 0 fully saturated rings. The average Bonchev–Trinajstić information content (AvgIpc) is 3.08. The zero-order valence-electron chi connectivity index (χ0n) is 16.7. The maximum atomic E-state index is 13.0. The number of benzene rings is 3. The van der Waals surface area contributed by atoms with Gasteiger partial charge in [-0.3, -0.25) is 9.52 Å². The highest BCUT2D eigenvalue weighted by Crippen LogP contribution is 2.35. The van der Waals surface area contributed by atoms with Crippen molar-refractivity contribution < 1.29 is 13.2 Å². The van der Waals surface area contributed by atoms with Crippen LogP contribution in [0.25, 0.3) is 0 Å². The summed E-state index contributed by atoms with van der Waals surface area (Å²) in [4.78, 5) is 15.9. The summed E-state index contributed by atoms with van der Waals surface area (Å²) < 4.78 is 28.5. The largest absolute Gasteiger partial charge is 0.305 e. The molecule has 154 valence electrons. The molecule has 1 aliphatic rings. The van der Waals surface area contributed by atoms with Crippen LogP contribution in [0, 0.1) is 0 Å². The minimum absolute atomic E-state index is 0.0446. The molecule has 0 bridgehead atoms. The third-order valence-electron chi connectivity index (χ3n) is 5.14. The van der Waals surface area contributed by atoms with E-state index < -0.39 is 10.0 Å². The number of sulfonamides is 1. The highest BCUT2D eigenvalue weighted by atomic mass is 32.2. The van der Waals surface area contributed by atoms with E-state index in [2.05, 4.69) is 4.72 Å². The first-order valence-corrected chi connectivity index (χ1v) is 12.3. The maximum Gasteiger partial charge on any atom is 0.261 e. The summed E-state index contributed by atoms with van der Waals surface area (Å²) in [7, 11) is -3.73. The lowest BCUT2D eigenvalue weighted by Crippen LogP contribution is -2.35. The Morgan fingerprint density at radius 3 is 2.53 bits per heavy atom. The molecule has 7 heteroatoms. The summed E-state index contributed by atoms with van der Waals surface area (Å²) in [5.74, 6) is -0.0792. The Balaban J connectivity index is 1.63. The minimum Gasteiger partial charge on any atom is -0.305 e. The van der Waals surface area contributed by atoms with E-state index in [0.29, 0.717) is 17.7 Å². The second-order valence-electron chi connectivity index (χ2n) is 7.22. The van der Waals surface area contributed by atoms with Gasteiger partial charge in [0.2, 0.25) is 0 Å². The van der Waals surface area contributed by atoms with Crippen LogP contribution in [0.15, 0.2) is 82.6 Å². The number of hydrogen-bond acceptors (Lipinski definition) is 4. The second-order valence-corrected chi connectivity index (χ2v) is 9.78. The molecule has 1 atom stereocenters. The standard InChI is InChI=1S/C23H22N2O3S2/c1-16-13-18-14-21(30(27,28)24-19-9-6-10-20(15-19)29-2)11-12-22(18)25(16)23(26)17-7-4-3-5-8-17/h3-12,14-16,24H,13H2,1-2H3/t16-/m0/s1. The van der Waals surface area contributed by atoms with Crippen molar-refractivity contribution in [1.29, 1.82) is 0 Å². The molecule has 3 aromatic carbocycles. The van der Waals surface area contributed by atoms with Crippen molar-refractivity contribution >= 4 is 39.1 Å². The smallest absolute Gasteiger partial charge is 0.261 e. The summed E-state index contributed by atoms with van der Waals surface area (Å²) >= 11 is 1.55. The SMILES string of the molecule is CSc1cccc(NS(=O)(=O)c2ccc3c(c2)C[C@H](C)N3C(=O)c2ccccc2)c1. The Bertz CT molecular complexity index is 1190. The Hall–Kier alpha value is -2.77. The Morgan fingerprint density at radius 1 is 1.03 bits per heavy atom. The van der Waals surface area contributed by atoms with Crippen LogP contribution in [0.2, 0.25) is 0 Å². The lowest BCUT2D eigenvalue weighted by Gasteiger charge is -2.23. The predicted octanol–water partition coefficient (Wildman–Crippen LogP) is 4.80.